The van der Waals surface area contributed by atoms with Gasteiger partial charge in [-0.2, -0.15) is 4.37 Å². The molecular weight excluding hydrogens is 394 g/mol. The number of aryl methyl sites for hydroxylation is 1. The number of aromatic nitrogens is 3. The molecule has 4 aromatic rings. The van der Waals surface area contributed by atoms with Gasteiger partial charge in [0.2, 0.25) is 0 Å². The summed E-state index contributed by atoms with van der Waals surface area (Å²) in [5, 5.41) is 1.97. The molecule has 0 aliphatic carbocycles. The van der Waals surface area contributed by atoms with Crippen LogP contribution in [-0.2, 0) is 6.54 Å². The number of unbranched alkanes of at least 4 members (excludes halogenated alkanes) is 1. The van der Waals surface area contributed by atoms with Crippen LogP contribution in [0.4, 0.5) is 5.82 Å². The van der Waals surface area contributed by atoms with Gasteiger partial charge in [-0.15, -0.1) is 0 Å². The van der Waals surface area contributed by atoms with Gasteiger partial charge >= 0.3 is 0 Å². The second-order valence-corrected chi connectivity index (χ2v) is 8.60. The number of hydrogen-bond acceptors (Lipinski definition) is 6. The van der Waals surface area contributed by atoms with Gasteiger partial charge in [0.1, 0.15) is 5.82 Å². The molecule has 1 aliphatic rings. The average molecular weight is 420 g/mol. The van der Waals surface area contributed by atoms with Crippen molar-refractivity contribution in [3.05, 3.63) is 65.2 Å². The summed E-state index contributed by atoms with van der Waals surface area (Å²) >= 11 is 1.59. The Balaban J connectivity index is 1.11. The lowest BCUT2D eigenvalue weighted by molar-refractivity contribution is 0.251. The third-order valence-electron chi connectivity index (χ3n) is 5.89. The molecule has 5 rings (SSSR count). The van der Waals surface area contributed by atoms with Crippen LogP contribution in [0.15, 0.2) is 59.7 Å². The van der Waals surface area contributed by atoms with Crippen molar-refractivity contribution >= 4 is 38.3 Å². The zero-order valence-electron chi connectivity index (χ0n) is 16.9. The van der Waals surface area contributed by atoms with Crippen molar-refractivity contribution in [2.75, 3.05) is 37.6 Å². The Morgan fingerprint density at radius 3 is 2.47 bits per heavy atom. The number of hydrogen-bond donors (Lipinski definition) is 0. The average Bonchev–Trinajstić information content (AvgIpc) is 3.23. The van der Waals surface area contributed by atoms with Crippen LogP contribution in [0, 0.1) is 0 Å². The van der Waals surface area contributed by atoms with Gasteiger partial charge in [0.25, 0.3) is 5.56 Å². The van der Waals surface area contributed by atoms with E-state index in [1.807, 2.05) is 24.3 Å². The Hall–Kier alpha value is -2.77. The molecule has 0 atom stereocenters. The molecule has 2 aromatic carbocycles. The largest absolute Gasteiger partial charge is 0.353 e. The molecular formula is C23H25N5OS. The van der Waals surface area contributed by atoms with E-state index < -0.39 is 0 Å². The molecule has 7 heteroatoms. The first kappa shape index (κ1) is 19.2. The molecule has 0 N–H and O–H groups in total. The summed E-state index contributed by atoms with van der Waals surface area (Å²) in [5.41, 5.74) is 0.828. The van der Waals surface area contributed by atoms with E-state index >= 15 is 0 Å². The van der Waals surface area contributed by atoms with Crippen molar-refractivity contribution in [2.24, 2.45) is 0 Å². The van der Waals surface area contributed by atoms with Crippen LogP contribution in [0.3, 0.4) is 0 Å². The number of nitrogens with zero attached hydrogens (tertiary/aromatic N) is 5. The molecule has 2 aromatic heterocycles. The van der Waals surface area contributed by atoms with Crippen molar-refractivity contribution in [3.63, 3.8) is 0 Å². The molecule has 0 radical (unpaired) electrons. The van der Waals surface area contributed by atoms with Gasteiger partial charge in [0.15, 0.2) is 0 Å². The Morgan fingerprint density at radius 2 is 1.60 bits per heavy atom. The summed E-state index contributed by atoms with van der Waals surface area (Å²) in [6.45, 7) is 5.94. The first-order valence-electron chi connectivity index (χ1n) is 10.6. The summed E-state index contributed by atoms with van der Waals surface area (Å²) in [6.07, 6.45) is 3.75. The fourth-order valence-corrected chi connectivity index (χ4v) is 4.96. The van der Waals surface area contributed by atoms with Crippen molar-refractivity contribution in [1.82, 2.24) is 18.8 Å². The van der Waals surface area contributed by atoms with E-state index in [2.05, 4.69) is 39.0 Å². The van der Waals surface area contributed by atoms with E-state index in [1.165, 1.54) is 10.1 Å². The van der Waals surface area contributed by atoms with Crippen LogP contribution < -0.4 is 10.5 Å². The standard InChI is InChI=1S/C23H25N5OS/c29-23-18-7-1-3-9-20(18)24-17-28(23)12-6-5-11-26-13-15-27(16-14-26)22-19-8-2-4-10-21(19)30-25-22/h1-4,7-10,17H,5-6,11-16H2. The fraction of sp³-hybridized carbons (Fsp3) is 0.348. The summed E-state index contributed by atoms with van der Waals surface area (Å²) in [4.78, 5) is 21.9. The quantitative estimate of drug-likeness (QED) is 0.447. The van der Waals surface area contributed by atoms with E-state index in [-0.39, 0.29) is 5.56 Å². The monoisotopic (exact) mass is 419 g/mol. The Morgan fingerprint density at radius 1 is 0.867 bits per heavy atom. The summed E-state index contributed by atoms with van der Waals surface area (Å²) in [6, 6.07) is 16.0. The SMILES string of the molecule is O=c1c2ccccc2ncn1CCCCN1CCN(c2nsc3ccccc23)CC1. The maximum Gasteiger partial charge on any atom is 0.261 e. The van der Waals surface area contributed by atoms with Gasteiger partial charge in [-0.05, 0) is 55.2 Å². The van der Waals surface area contributed by atoms with Crippen molar-refractivity contribution in [2.45, 2.75) is 19.4 Å². The van der Waals surface area contributed by atoms with Crippen molar-refractivity contribution in [1.29, 1.82) is 0 Å². The predicted octanol–water partition coefficient (Wildman–Crippen LogP) is 3.61. The zero-order valence-corrected chi connectivity index (χ0v) is 17.7. The highest BCUT2D eigenvalue weighted by atomic mass is 32.1. The molecule has 30 heavy (non-hydrogen) atoms. The van der Waals surface area contributed by atoms with Crippen LogP contribution in [-0.4, -0.2) is 51.5 Å². The van der Waals surface area contributed by atoms with Gasteiger partial charge in [-0.1, -0.05) is 24.3 Å². The molecule has 0 saturated carbocycles. The van der Waals surface area contributed by atoms with Gasteiger partial charge in [-0.25, -0.2) is 4.98 Å². The molecule has 0 amide bonds. The van der Waals surface area contributed by atoms with E-state index in [0.717, 1.165) is 63.4 Å². The Bertz CT molecular complexity index is 1210. The number of benzene rings is 2. The van der Waals surface area contributed by atoms with Crippen LogP contribution in [0.5, 0.6) is 0 Å². The normalized spacial score (nSPS) is 15.3. The molecule has 0 spiro atoms. The third kappa shape index (κ3) is 3.82. The molecule has 0 bridgehead atoms. The molecule has 3 heterocycles. The molecule has 154 valence electrons. The number of rotatable bonds is 6. The van der Waals surface area contributed by atoms with E-state index in [1.54, 1.807) is 22.4 Å². The fourth-order valence-electron chi connectivity index (χ4n) is 4.17. The lowest BCUT2D eigenvalue weighted by Crippen LogP contribution is -2.46. The van der Waals surface area contributed by atoms with Crippen LogP contribution in [0.2, 0.25) is 0 Å². The minimum absolute atomic E-state index is 0.0599. The van der Waals surface area contributed by atoms with E-state index in [9.17, 15) is 4.79 Å². The number of piperazine rings is 1. The lowest BCUT2D eigenvalue weighted by Gasteiger charge is -2.35. The van der Waals surface area contributed by atoms with E-state index in [0.29, 0.717) is 5.39 Å². The third-order valence-corrected chi connectivity index (χ3v) is 6.70. The highest BCUT2D eigenvalue weighted by Crippen LogP contribution is 2.29. The van der Waals surface area contributed by atoms with Crippen molar-refractivity contribution < 1.29 is 0 Å². The van der Waals surface area contributed by atoms with Gasteiger partial charge in [-0.3, -0.25) is 14.3 Å². The first-order valence-corrected chi connectivity index (χ1v) is 11.3. The number of para-hydroxylation sites is 1. The second-order valence-electron chi connectivity index (χ2n) is 7.80. The van der Waals surface area contributed by atoms with Crippen LogP contribution in [0.1, 0.15) is 12.8 Å². The molecule has 1 saturated heterocycles. The topological polar surface area (TPSA) is 54.3 Å². The van der Waals surface area contributed by atoms with Gasteiger partial charge < -0.3 is 4.90 Å². The highest BCUT2D eigenvalue weighted by Gasteiger charge is 2.20. The summed E-state index contributed by atoms with van der Waals surface area (Å²) < 4.78 is 7.70. The molecule has 6 nitrogen and oxygen atoms in total. The predicted molar refractivity (Wildman–Crippen MR) is 124 cm³/mol. The maximum absolute atomic E-state index is 12.6. The Kier molecular flexibility index (Phi) is 5.46. The van der Waals surface area contributed by atoms with Crippen LogP contribution >= 0.6 is 11.5 Å². The molecule has 1 fully saturated rings. The first-order chi connectivity index (χ1) is 14.8. The smallest absolute Gasteiger partial charge is 0.261 e. The second kappa shape index (κ2) is 8.53. The number of fused-ring (bicyclic) bond motifs is 2. The molecule has 1 aliphatic heterocycles. The van der Waals surface area contributed by atoms with E-state index in [4.69, 9.17) is 4.37 Å². The Labute approximate surface area is 179 Å². The zero-order chi connectivity index (χ0) is 20.3. The highest BCUT2D eigenvalue weighted by molar-refractivity contribution is 7.13. The van der Waals surface area contributed by atoms with Gasteiger partial charge in [0.05, 0.1) is 21.9 Å². The van der Waals surface area contributed by atoms with Crippen LogP contribution in [0.25, 0.3) is 21.0 Å². The minimum Gasteiger partial charge on any atom is -0.353 e. The van der Waals surface area contributed by atoms with Gasteiger partial charge in [0, 0.05) is 38.1 Å². The number of anilines is 1. The molecule has 0 unspecified atom stereocenters. The van der Waals surface area contributed by atoms with Crippen molar-refractivity contribution in [3.8, 4) is 0 Å². The summed E-state index contributed by atoms with van der Waals surface area (Å²) in [5.74, 6) is 1.14. The minimum atomic E-state index is 0.0599. The summed E-state index contributed by atoms with van der Waals surface area (Å²) in [7, 11) is 0. The lowest BCUT2D eigenvalue weighted by atomic mass is 10.2. The maximum atomic E-state index is 12.6.